The van der Waals surface area contributed by atoms with Gasteiger partial charge in [-0.15, -0.1) is 0 Å². The highest BCUT2D eigenvalue weighted by atomic mass is 16.6. The summed E-state index contributed by atoms with van der Waals surface area (Å²) in [5.74, 6) is 1.35. The van der Waals surface area contributed by atoms with E-state index in [2.05, 4.69) is 34.1 Å². The molecule has 0 saturated heterocycles. The number of H-pyrrole nitrogens is 1. The highest BCUT2D eigenvalue weighted by Crippen LogP contribution is 2.38. The third-order valence-corrected chi connectivity index (χ3v) is 4.17. The van der Waals surface area contributed by atoms with Crippen molar-refractivity contribution in [3.05, 3.63) is 54.2 Å². The Balaban J connectivity index is 0.000000376. The van der Waals surface area contributed by atoms with E-state index < -0.39 is 0 Å². The highest BCUT2D eigenvalue weighted by Gasteiger charge is 2.18. The minimum atomic E-state index is -0.245. The number of nitrogens with one attached hydrogen (secondary N) is 1. The second-order valence-corrected chi connectivity index (χ2v) is 6.12. The van der Waals surface area contributed by atoms with Crippen LogP contribution in [0.25, 0.3) is 22.4 Å². The van der Waals surface area contributed by atoms with Gasteiger partial charge in [-0.1, -0.05) is 43.3 Å². The number of benzene rings is 2. The molecule has 1 aliphatic heterocycles. The molecule has 27 heavy (non-hydrogen) atoms. The number of amides is 1. The van der Waals surface area contributed by atoms with Crippen LogP contribution in [0, 0.1) is 6.92 Å². The summed E-state index contributed by atoms with van der Waals surface area (Å²) in [5.41, 5.74) is 9.92. The number of primary amides is 1. The van der Waals surface area contributed by atoms with Gasteiger partial charge in [-0.25, -0.2) is 0 Å². The number of fused-ring (bicyclic) bond motifs is 1. The number of hydrogen-bond acceptors (Lipinski definition) is 4. The maximum absolute atomic E-state index is 9.59. The van der Waals surface area contributed by atoms with E-state index in [4.69, 9.17) is 9.47 Å². The molecule has 0 radical (unpaired) electrons. The summed E-state index contributed by atoms with van der Waals surface area (Å²) in [6.45, 7) is 4.95. The average Bonchev–Trinajstić information content (AvgIpc) is 3.10. The van der Waals surface area contributed by atoms with Crippen LogP contribution in [-0.4, -0.2) is 29.3 Å². The summed E-state index contributed by atoms with van der Waals surface area (Å²) in [6, 6.07) is 16.2. The lowest BCUT2D eigenvalue weighted by Gasteiger charge is -2.19. The van der Waals surface area contributed by atoms with E-state index in [-0.39, 0.29) is 5.91 Å². The molecule has 140 valence electrons. The van der Waals surface area contributed by atoms with Crippen LogP contribution in [0.4, 0.5) is 0 Å². The first-order valence-electron chi connectivity index (χ1n) is 8.88. The predicted molar refractivity (Wildman–Crippen MR) is 105 cm³/mol. The Morgan fingerprint density at radius 3 is 2.41 bits per heavy atom. The minimum Gasteiger partial charge on any atom is -0.486 e. The number of carbonyl (C=O) groups excluding carboxylic acids is 1. The second-order valence-electron chi connectivity index (χ2n) is 6.12. The third-order valence-electron chi connectivity index (χ3n) is 4.17. The van der Waals surface area contributed by atoms with Crippen molar-refractivity contribution < 1.29 is 14.3 Å². The molecule has 1 aromatic heterocycles. The van der Waals surface area contributed by atoms with Crippen LogP contribution < -0.4 is 15.2 Å². The van der Waals surface area contributed by atoms with Crippen molar-refractivity contribution in [3.8, 4) is 33.9 Å². The molecule has 0 bridgehead atoms. The summed E-state index contributed by atoms with van der Waals surface area (Å²) in [7, 11) is 0. The fourth-order valence-electron chi connectivity index (χ4n) is 2.79. The van der Waals surface area contributed by atoms with Gasteiger partial charge in [0, 0.05) is 23.2 Å². The number of carbonyl (C=O) groups is 1. The number of hydrogen-bond donors (Lipinski definition) is 2. The Hall–Kier alpha value is -3.28. The molecule has 0 saturated carbocycles. The van der Waals surface area contributed by atoms with Gasteiger partial charge >= 0.3 is 0 Å². The maximum Gasteiger partial charge on any atom is 0.217 e. The molecule has 0 spiro atoms. The fourth-order valence-corrected chi connectivity index (χ4v) is 2.79. The van der Waals surface area contributed by atoms with E-state index in [1.165, 1.54) is 0 Å². The highest BCUT2D eigenvalue weighted by molar-refractivity contribution is 5.83. The zero-order valence-corrected chi connectivity index (χ0v) is 15.5. The zero-order chi connectivity index (χ0) is 19.2. The summed E-state index contributed by atoms with van der Waals surface area (Å²) < 4.78 is 11.3. The first-order chi connectivity index (χ1) is 13.1. The Labute approximate surface area is 158 Å². The van der Waals surface area contributed by atoms with Crippen molar-refractivity contribution in [1.82, 2.24) is 10.2 Å². The lowest BCUT2D eigenvalue weighted by Crippen LogP contribution is -2.15. The standard InChI is InChI=1S/C18H16N2O2.C3H7NO/c1-12-17(18(20-19-12)13-5-3-2-4-6-13)14-7-8-15-16(11-14)22-10-9-21-15;1-2-3(4)5/h2-8,11H,9-10H2,1H3,(H,19,20);2H2,1H3,(H2,4,5). The van der Waals surface area contributed by atoms with Crippen LogP contribution in [-0.2, 0) is 4.79 Å². The molecule has 0 aliphatic carbocycles. The van der Waals surface area contributed by atoms with Crippen LogP contribution in [0.2, 0.25) is 0 Å². The lowest BCUT2D eigenvalue weighted by molar-refractivity contribution is -0.117. The van der Waals surface area contributed by atoms with E-state index in [9.17, 15) is 4.79 Å². The molecule has 1 aliphatic rings. The van der Waals surface area contributed by atoms with Crippen molar-refractivity contribution in [2.24, 2.45) is 5.73 Å². The van der Waals surface area contributed by atoms with Crippen LogP contribution in [0.1, 0.15) is 19.0 Å². The van der Waals surface area contributed by atoms with Gasteiger partial charge in [0.2, 0.25) is 5.91 Å². The van der Waals surface area contributed by atoms with E-state index >= 15 is 0 Å². The number of aryl methyl sites for hydroxylation is 1. The summed E-state index contributed by atoms with van der Waals surface area (Å²) in [5, 5.41) is 7.57. The van der Waals surface area contributed by atoms with Crippen molar-refractivity contribution in [1.29, 1.82) is 0 Å². The molecular formula is C21H23N3O3. The van der Waals surface area contributed by atoms with Gasteiger partial charge in [-0.2, -0.15) is 5.10 Å². The molecule has 1 amide bonds. The average molecular weight is 365 g/mol. The number of nitrogens with two attached hydrogens (primary N) is 1. The first-order valence-corrected chi connectivity index (χ1v) is 8.88. The molecule has 0 unspecified atom stereocenters. The van der Waals surface area contributed by atoms with Crippen molar-refractivity contribution in [2.75, 3.05) is 13.2 Å². The molecule has 3 N–H and O–H groups in total. The Kier molecular flexibility index (Phi) is 5.76. The molecule has 4 rings (SSSR count). The van der Waals surface area contributed by atoms with Gasteiger partial charge in [-0.3, -0.25) is 9.89 Å². The minimum absolute atomic E-state index is 0.245. The number of ether oxygens (including phenoxy) is 2. The Bertz CT molecular complexity index is 920. The fraction of sp³-hybridized carbons (Fsp3) is 0.238. The molecule has 6 nitrogen and oxygen atoms in total. The molecule has 2 aromatic carbocycles. The van der Waals surface area contributed by atoms with Crippen molar-refractivity contribution in [3.63, 3.8) is 0 Å². The monoisotopic (exact) mass is 365 g/mol. The van der Waals surface area contributed by atoms with E-state index in [1.807, 2.05) is 37.3 Å². The summed E-state index contributed by atoms with van der Waals surface area (Å²) >= 11 is 0. The number of aromatic amines is 1. The van der Waals surface area contributed by atoms with E-state index in [0.717, 1.165) is 39.6 Å². The van der Waals surface area contributed by atoms with E-state index in [1.54, 1.807) is 6.92 Å². The van der Waals surface area contributed by atoms with Gasteiger partial charge in [-0.05, 0) is 24.6 Å². The second kappa shape index (κ2) is 8.40. The normalized spacial score (nSPS) is 12.1. The van der Waals surface area contributed by atoms with Crippen LogP contribution in [0.3, 0.4) is 0 Å². The van der Waals surface area contributed by atoms with Crippen LogP contribution >= 0.6 is 0 Å². The maximum atomic E-state index is 9.59. The smallest absolute Gasteiger partial charge is 0.217 e. The largest absolute Gasteiger partial charge is 0.486 e. The molecule has 0 atom stereocenters. The Morgan fingerprint density at radius 1 is 1.07 bits per heavy atom. The van der Waals surface area contributed by atoms with Gasteiger partial charge in [0.15, 0.2) is 11.5 Å². The topological polar surface area (TPSA) is 90.2 Å². The molecule has 3 aromatic rings. The zero-order valence-electron chi connectivity index (χ0n) is 15.5. The predicted octanol–water partition coefficient (Wildman–Crippen LogP) is 3.71. The van der Waals surface area contributed by atoms with Gasteiger partial charge in [0.1, 0.15) is 18.9 Å². The van der Waals surface area contributed by atoms with E-state index in [0.29, 0.717) is 19.6 Å². The summed E-state index contributed by atoms with van der Waals surface area (Å²) in [6.07, 6.45) is 0.444. The van der Waals surface area contributed by atoms with Crippen LogP contribution in [0.5, 0.6) is 11.5 Å². The lowest BCUT2D eigenvalue weighted by atomic mass is 9.99. The molecule has 2 heterocycles. The Morgan fingerprint density at radius 2 is 1.74 bits per heavy atom. The van der Waals surface area contributed by atoms with Crippen LogP contribution in [0.15, 0.2) is 48.5 Å². The van der Waals surface area contributed by atoms with Crippen molar-refractivity contribution in [2.45, 2.75) is 20.3 Å². The van der Waals surface area contributed by atoms with Crippen molar-refractivity contribution >= 4 is 5.91 Å². The number of nitrogens with zero attached hydrogens (tertiary/aromatic N) is 1. The first kappa shape index (κ1) is 18.5. The van der Waals surface area contributed by atoms with Gasteiger partial charge in [0.25, 0.3) is 0 Å². The molecular weight excluding hydrogens is 342 g/mol. The number of rotatable bonds is 3. The van der Waals surface area contributed by atoms with Gasteiger partial charge in [0.05, 0.1) is 0 Å². The third kappa shape index (κ3) is 4.28. The molecule has 6 heteroatoms. The SMILES string of the molecule is CCC(N)=O.Cc1[nH]nc(-c2ccccc2)c1-c1ccc2c(c1)OCCO2. The quantitative estimate of drug-likeness (QED) is 0.740. The number of aromatic nitrogens is 2. The summed E-state index contributed by atoms with van der Waals surface area (Å²) in [4.78, 5) is 9.59. The molecule has 0 fully saturated rings. The van der Waals surface area contributed by atoms with Gasteiger partial charge < -0.3 is 15.2 Å².